The highest BCUT2D eigenvalue weighted by Gasteiger charge is 2.30. The summed E-state index contributed by atoms with van der Waals surface area (Å²) in [5.41, 5.74) is 2.20. The predicted octanol–water partition coefficient (Wildman–Crippen LogP) is 3.42. The van der Waals surface area contributed by atoms with E-state index < -0.39 is 6.10 Å². The zero-order valence-electron chi connectivity index (χ0n) is 14.2. The fourth-order valence-corrected chi connectivity index (χ4v) is 3.32. The number of benzene rings is 2. The minimum atomic E-state index is -0.800. The number of hydrogen-bond donors (Lipinski definition) is 1. The van der Waals surface area contributed by atoms with Gasteiger partial charge in [-0.2, -0.15) is 0 Å². The van der Waals surface area contributed by atoms with E-state index in [0.29, 0.717) is 36.8 Å². The molecule has 0 spiro atoms. The first-order valence-electron chi connectivity index (χ1n) is 8.46. The molecule has 1 atom stereocenters. The van der Waals surface area contributed by atoms with E-state index in [9.17, 15) is 9.50 Å². The number of fused-ring (bicyclic) bond motifs is 1. The molecule has 2 aromatic rings. The van der Waals surface area contributed by atoms with E-state index in [4.69, 9.17) is 9.47 Å². The van der Waals surface area contributed by atoms with Gasteiger partial charge in [-0.25, -0.2) is 4.39 Å². The Morgan fingerprint density at radius 2 is 1.73 bits per heavy atom. The second kappa shape index (κ2) is 8.18. The number of morpholine rings is 1. The van der Waals surface area contributed by atoms with E-state index in [2.05, 4.69) is 4.90 Å². The first-order valence-corrected chi connectivity index (χ1v) is 8.46. The quantitative estimate of drug-likeness (QED) is 0.890. The molecule has 0 saturated carbocycles. The maximum absolute atomic E-state index is 13.3. The van der Waals surface area contributed by atoms with Crippen molar-refractivity contribution in [1.82, 2.24) is 4.90 Å². The molecule has 2 aliphatic heterocycles. The average molecular weight is 378 g/mol. The van der Waals surface area contributed by atoms with Crippen LogP contribution in [-0.2, 0) is 4.74 Å². The van der Waals surface area contributed by atoms with Gasteiger partial charge in [0, 0.05) is 24.2 Å². The van der Waals surface area contributed by atoms with Crippen molar-refractivity contribution in [3.63, 3.8) is 0 Å². The normalized spacial score (nSPS) is 20.2. The third-order valence-electron chi connectivity index (χ3n) is 4.65. The largest absolute Gasteiger partial charge is 0.460 e. The molecular formula is C20H21ClFNO3. The predicted molar refractivity (Wildman–Crippen MR) is 99.9 cm³/mol. The fraction of sp³-hybridized carbons (Fsp3) is 0.300. The minimum absolute atomic E-state index is 0. The molecule has 1 N–H and O–H groups in total. The van der Waals surface area contributed by atoms with Crippen molar-refractivity contribution >= 4 is 18.0 Å². The third-order valence-corrected chi connectivity index (χ3v) is 4.65. The van der Waals surface area contributed by atoms with Crippen molar-refractivity contribution in [3.8, 4) is 5.75 Å². The lowest BCUT2D eigenvalue weighted by Crippen LogP contribution is -2.39. The van der Waals surface area contributed by atoms with Gasteiger partial charge in [-0.3, -0.25) is 4.90 Å². The molecule has 4 rings (SSSR count). The van der Waals surface area contributed by atoms with Crippen LogP contribution in [-0.4, -0.2) is 42.9 Å². The van der Waals surface area contributed by atoms with Crippen molar-refractivity contribution in [2.45, 2.75) is 6.10 Å². The van der Waals surface area contributed by atoms with Crippen molar-refractivity contribution in [2.75, 3.05) is 32.8 Å². The molecule has 6 heteroatoms. The summed E-state index contributed by atoms with van der Waals surface area (Å²) in [4.78, 5) is 2.24. The molecule has 2 aliphatic rings. The Morgan fingerprint density at radius 3 is 2.46 bits per heavy atom. The van der Waals surface area contributed by atoms with Crippen LogP contribution >= 0.6 is 12.4 Å². The SMILES string of the molecule is Cl.OC1C(c2ccc(F)cc2)=C(CN2CCOCC2)Oc2ccccc21. The lowest BCUT2D eigenvalue weighted by atomic mass is 9.91. The van der Waals surface area contributed by atoms with Crippen LogP contribution < -0.4 is 4.74 Å². The van der Waals surface area contributed by atoms with Crippen LogP contribution in [0.15, 0.2) is 54.3 Å². The van der Waals surface area contributed by atoms with Gasteiger partial charge >= 0.3 is 0 Å². The van der Waals surface area contributed by atoms with E-state index >= 15 is 0 Å². The molecule has 0 aliphatic carbocycles. The smallest absolute Gasteiger partial charge is 0.133 e. The van der Waals surface area contributed by atoms with E-state index in [1.807, 2.05) is 24.3 Å². The van der Waals surface area contributed by atoms with Crippen molar-refractivity contribution in [2.24, 2.45) is 0 Å². The molecule has 1 unspecified atom stereocenters. The fourth-order valence-electron chi connectivity index (χ4n) is 3.32. The summed E-state index contributed by atoms with van der Waals surface area (Å²) in [5, 5.41) is 11.0. The summed E-state index contributed by atoms with van der Waals surface area (Å²) in [6.45, 7) is 3.61. The Labute approximate surface area is 158 Å². The van der Waals surface area contributed by atoms with Crippen LogP contribution in [0.5, 0.6) is 5.75 Å². The van der Waals surface area contributed by atoms with Gasteiger partial charge in [-0.15, -0.1) is 12.4 Å². The molecular weight excluding hydrogens is 357 g/mol. The monoisotopic (exact) mass is 377 g/mol. The summed E-state index contributed by atoms with van der Waals surface area (Å²) in [6, 6.07) is 13.7. The van der Waals surface area contributed by atoms with Gasteiger partial charge in [-0.05, 0) is 23.8 Å². The number of rotatable bonds is 3. The number of para-hydroxylation sites is 1. The highest BCUT2D eigenvalue weighted by atomic mass is 35.5. The lowest BCUT2D eigenvalue weighted by molar-refractivity contribution is 0.0381. The van der Waals surface area contributed by atoms with Crippen molar-refractivity contribution in [1.29, 1.82) is 0 Å². The number of hydrogen-bond acceptors (Lipinski definition) is 4. The summed E-state index contributed by atoms with van der Waals surface area (Å²) < 4.78 is 24.9. The highest BCUT2D eigenvalue weighted by Crippen LogP contribution is 2.42. The molecule has 0 radical (unpaired) electrons. The van der Waals surface area contributed by atoms with Crippen LogP contribution in [0.25, 0.3) is 5.57 Å². The second-order valence-corrected chi connectivity index (χ2v) is 6.27. The van der Waals surface area contributed by atoms with Gasteiger partial charge in [0.25, 0.3) is 0 Å². The molecule has 0 bridgehead atoms. The lowest BCUT2D eigenvalue weighted by Gasteiger charge is -2.32. The van der Waals surface area contributed by atoms with E-state index in [0.717, 1.165) is 24.2 Å². The molecule has 0 aromatic heterocycles. The Balaban J connectivity index is 0.00000196. The summed E-state index contributed by atoms with van der Waals surface area (Å²) >= 11 is 0. The first-order chi connectivity index (χ1) is 12.2. The van der Waals surface area contributed by atoms with E-state index in [1.165, 1.54) is 12.1 Å². The second-order valence-electron chi connectivity index (χ2n) is 6.27. The zero-order chi connectivity index (χ0) is 17.2. The van der Waals surface area contributed by atoms with Crippen LogP contribution in [0, 0.1) is 5.82 Å². The van der Waals surface area contributed by atoms with Crippen molar-refractivity contribution < 1.29 is 19.0 Å². The standard InChI is InChI=1S/C20H20FNO3.ClH/c21-15-7-5-14(6-8-15)19-18(13-22-9-11-24-12-10-22)25-17-4-2-1-3-16(17)20(19)23;/h1-8,20,23H,9-13H2;1H. The van der Waals surface area contributed by atoms with Gasteiger partial charge in [-0.1, -0.05) is 30.3 Å². The van der Waals surface area contributed by atoms with Gasteiger partial charge in [0.2, 0.25) is 0 Å². The highest BCUT2D eigenvalue weighted by molar-refractivity contribution is 5.85. The van der Waals surface area contributed by atoms with Gasteiger partial charge in [0.05, 0.1) is 19.8 Å². The Kier molecular flexibility index (Phi) is 5.94. The van der Waals surface area contributed by atoms with Gasteiger partial charge in [0.1, 0.15) is 23.4 Å². The van der Waals surface area contributed by atoms with Gasteiger partial charge in [0.15, 0.2) is 0 Å². The molecule has 138 valence electrons. The molecule has 0 amide bonds. The third kappa shape index (κ3) is 3.76. The van der Waals surface area contributed by atoms with E-state index in [-0.39, 0.29) is 18.2 Å². The average Bonchev–Trinajstić information content (AvgIpc) is 2.64. The summed E-state index contributed by atoms with van der Waals surface area (Å²) in [7, 11) is 0. The molecule has 26 heavy (non-hydrogen) atoms. The maximum Gasteiger partial charge on any atom is 0.133 e. The van der Waals surface area contributed by atoms with Gasteiger partial charge < -0.3 is 14.6 Å². The topological polar surface area (TPSA) is 41.9 Å². The number of aliphatic hydroxyl groups is 1. The maximum atomic E-state index is 13.3. The zero-order valence-corrected chi connectivity index (χ0v) is 15.0. The number of nitrogens with zero attached hydrogens (tertiary/aromatic N) is 1. The molecule has 1 fully saturated rings. The molecule has 2 aromatic carbocycles. The molecule has 4 nitrogen and oxygen atoms in total. The van der Waals surface area contributed by atoms with Crippen LogP contribution in [0.1, 0.15) is 17.2 Å². The van der Waals surface area contributed by atoms with Crippen LogP contribution in [0.2, 0.25) is 0 Å². The molecule has 2 heterocycles. The Bertz CT molecular complexity index is 788. The number of halogens is 2. The number of aliphatic hydroxyl groups excluding tert-OH is 1. The Morgan fingerprint density at radius 1 is 1.04 bits per heavy atom. The van der Waals surface area contributed by atoms with Crippen molar-refractivity contribution in [3.05, 3.63) is 71.2 Å². The van der Waals surface area contributed by atoms with Crippen LogP contribution in [0.3, 0.4) is 0 Å². The van der Waals surface area contributed by atoms with E-state index in [1.54, 1.807) is 12.1 Å². The summed E-state index contributed by atoms with van der Waals surface area (Å²) in [6.07, 6.45) is -0.800. The van der Waals surface area contributed by atoms with Crippen LogP contribution in [0.4, 0.5) is 4.39 Å². The molecule has 1 saturated heterocycles. The minimum Gasteiger partial charge on any atom is -0.460 e. The first kappa shape index (κ1) is 18.9. The summed E-state index contributed by atoms with van der Waals surface area (Å²) in [5.74, 6) is 1.08. The number of ether oxygens (including phenoxy) is 2. The Hall–Kier alpha value is -1.92.